The fourth-order valence-electron chi connectivity index (χ4n) is 4.41. The van der Waals surface area contributed by atoms with E-state index in [0.29, 0.717) is 24.6 Å². The molecule has 0 aliphatic heterocycles. The normalized spacial score (nSPS) is 13.4. The van der Waals surface area contributed by atoms with Crippen LogP contribution >= 0.6 is 6.83 Å². The van der Waals surface area contributed by atoms with Crippen molar-refractivity contribution in [3.05, 3.63) is 29.3 Å². The van der Waals surface area contributed by atoms with Gasteiger partial charge in [0.1, 0.15) is 0 Å². The molecule has 33 heavy (non-hydrogen) atoms. The van der Waals surface area contributed by atoms with Gasteiger partial charge in [-0.05, 0) is 0 Å². The second kappa shape index (κ2) is 12.8. The third-order valence-corrected chi connectivity index (χ3v) is 15.5. The minimum atomic E-state index is -4.52. The molecule has 9 heteroatoms. The Morgan fingerprint density at radius 3 is 1.55 bits per heavy atom. The molecule has 0 heterocycles. The maximum atomic E-state index is 13.8. The molecule has 0 spiro atoms. The number of rotatable bonds is 17. The molecular formula is C24H41O7PS. The molecule has 2 N–H and O–H groups in total. The van der Waals surface area contributed by atoms with Crippen molar-refractivity contribution in [2.75, 3.05) is 24.6 Å². The van der Waals surface area contributed by atoms with Gasteiger partial charge in [-0.25, -0.2) is 0 Å². The summed E-state index contributed by atoms with van der Waals surface area (Å²) in [5.41, 5.74) is -0.750. The monoisotopic (exact) mass is 504 g/mol. The molecule has 1 aromatic carbocycles. The van der Waals surface area contributed by atoms with Crippen molar-refractivity contribution in [3.8, 4) is 0 Å². The van der Waals surface area contributed by atoms with Crippen LogP contribution in [0.2, 0.25) is 0 Å². The van der Waals surface area contributed by atoms with E-state index in [1.807, 2.05) is 0 Å². The number of carboxylic acid groups (broad SMARTS) is 2. The summed E-state index contributed by atoms with van der Waals surface area (Å²) in [7, 11) is -4.52. The first-order valence-electron chi connectivity index (χ1n) is 12.1. The second-order valence-corrected chi connectivity index (χ2v) is 16.5. The quantitative estimate of drug-likeness (QED) is 0.234. The summed E-state index contributed by atoms with van der Waals surface area (Å²) < 4.78 is 33.9. The van der Waals surface area contributed by atoms with Crippen LogP contribution in [0.1, 0.15) is 99.8 Å². The summed E-state index contributed by atoms with van der Waals surface area (Å²) in [5.74, 6) is -2.76. The second-order valence-electron chi connectivity index (χ2n) is 9.02. The van der Waals surface area contributed by atoms with Gasteiger partial charge in [-0.2, -0.15) is 0 Å². The van der Waals surface area contributed by atoms with Gasteiger partial charge in [0.05, 0.1) is 0 Å². The SMILES string of the molecule is CCCCP(CCCC)(CCCC)(CCCC)OS(=O)(=O)c1cc(C(=O)O)ccc1C(=O)O. The molecule has 7 nitrogen and oxygen atoms in total. The van der Waals surface area contributed by atoms with Crippen molar-refractivity contribution < 1.29 is 32.2 Å². The van der Waals surface area contributed by atoms with Gasteiger partial charge in [-0.1, -0.05) is 0 Å². The van der Waals surface area contributed by atoms with E-state index in [9.17, 15) is 28.2 Å². The first-order valence-corrected chi connectivity index (χ1v) is 16.4. The van der Waals surface area contributed by atoms with E-state index in [1.165, 1.54) is 0 Å². The molecule has 1 aromatic rings. The molecule has 1 rings (SSSR count). The summed E-state index contributed by atoms with van der Waals surface area (Å²) >= 11 is 0. The van der Waals surface area contributed by atoms with E-state index in [1.54, 1.807) is 0 Å². The van der Waals surface area contributed by atoms with Crippen LogP contribution in [0.25, 0.3) is 0 Å². The summed E-state index contributed by atoms with van der Waals surface area (Å²) in [5, 5.41) is 19.0. The van der Waals surface area contributed by atoms with Crippen molar-refractivity contribution in [1.82, 2.24) is 0 Å². The van der Waals surface area contributed by atoms with Crippen molar-refractivity contribution in [2.45, 2.75) is 84.0 Å². The van der Waals surface area contributed by atoms with E-state index in [0.717, 1.165) is 69.6 Å². The molecule has 0 aliphatic carbocycles. The Balaban J connectivity index is 3.79. The molecule has 0 aliphatic rings. The Bertz CT molecular complexity index is 868. The maximum absolute atomic E-state index is 13.8. The van der Waals surface area contributed by atoms with Gasteiger partial charge in [0.15, 0.2) is 0 Å². The Morgan fingerprint density at radius 1 is 0.788 bits per heavy atom. The molecule has 0 unspecified atom stereocenters. The topological polar surface area (TPSA) is 118 Å². The van der Waals surface area contributed by atoms with Gasteiger partial charge in [0, 0.05) is 0 Å². The molecule has 190 valence electrons. The fourth-order valence-corrected chi connectivity index (χ4v) is 14.6. The molecule has 0 atom stereocenters. The molecule has 0 bridgehead atoms. The average Bonchev–Trinajstić information content (AvgIpc) is 2.78. The van der Waals surface area contributed by atoms with Gasteiger partial charge in [0.2, 0.25) is 0 Å². The van der Waals surface area contributed by atoms with E-state index >= 15 is 0 Å². The molecular weight excluding hydrogens is 463 g/mol. The van der Waals surface area contributed by atoms with Crippen molar-refractivity contribution in [3.63, 3.8) is 0 Å². The number of carbonyl (C=O) groups is 2. The van der Waals surface area contributed by atoms with Gasteiger partial charge < -0.3 is 0 Å². The van der Waals surface area contributed by atoms with Crippen LogP contribution in [0, 0.1) is 0 Å². The van der Waals surface area contributed by atoms with Crippen molar-refractivity contribution in [1.29, 1.82) is 0 Å². The fraction of sp³-hybridized carbons (Fsp3) is 0.667. The summed E-state index contributed by atoms with van der Waals surface area (Å²) in [4.78, 5) is 22.8. The number of aromatic carboxylic acids is 2. The van der Waals surface area contributed by atoms with E-state index < -0.39 is 39.3 Å². The molecule has 0 saturated heterocycles. The zero-order valence-electron chi connectivity index (χ0n) is 20.5. The van der Waals surface area contributed by atoms with Gasteiger partial charge in [0.25, 0.3) is 0 Å². The summed E-state index contributed by atoms with van der Waals surface area (Å²) in [6.07, 6.45) is 9.70. The molecule has 0 aromatic heterocycles. The molecule has 0 radical (unpaired) electrons. The Morgan fingerprint density at radius 2 is 1.21 bits per heavy atom. The molecule has 0 amide bonds. The third-order valence-electron chi connectivity index (χ3n) is 6.35. The van der Waals surface area contributed by atoms with Crippen LogP contribution in [0.4, 0.5) is 0 Å². The number of unbranched alkanes of at least 4 members (excludes halogenated alkanes) is 4. The van der Waals surface area contributed by atoms with Gasteiger partial charge in [-0.15, -0.1) is 0 Å². The third kappa shape index (κ3) is 7.76. The van der Waals surface area contributed by atoms with Crippen LogP contribution in [-0.2, 0) is 14.1 Å². The van der Waals surface area contributed by atoms with E-state index in [4.69, 9.17) is 3.97 Å². The standard InChI is InChI=1S/C24H41O7PS/c1-5-9-15-32(16-10-6-2,17-11-7-3,18-12-8-4)31-33(29,30)22-19-20(23(25)26)13-14-21(22)24(27)28/h13-14,19H,5-12,15-18H2,1-4H3,(H,25,26)(H,27,28). The predicted molar refractivity (Wildman–Crippen MR) is 135 cm³/mol. The average molecular weight is 505 g/mol. The predicted octanol–water partition coefficient (Wildman–Crippen LogP) is 6.46. The number of hydrogen-bond donors (Lipinski definition) is 2. The Labute approximate surface area is 199 Å². The van der Waals surface area contributed by atoms with Crippen LogP contribution in [0.3, 0.4) is 0 Å². The Hall–Kier alpha value is -1.50. The van der Waals surface area contributed by atoms with Crippen LogP contribution in [0.15, 0.2) is 23.1 Å². The zero-order chi connectivity index (χ0) is 25.1. The van der Waals surface area contributed by atoms with Gasteiger partial charge >= 0.3 is 199 Å². The van der Waals surface area contributed by atoms with Crippen LogP contribution < -0.4 is 0 Å². The van der Waals surface area contributed by atoms with E-state index in [2.05, 4.69) is 27.7 Å². The van der Waals surface area contributed by atoms with Crippen LogP contribution in [-0.4, -0.2) is 55.2 Å². The van der Waals surface area contributed by atoms with Crippen molar-refractivity contribution in [2.24, 2.45) is 0 Å². The first kappa shape index (κ1) is 29.5. The molecule has 0 saturated carbocycles. The van der Waals surface area contributed by atoms with Crippen molar-refractivity contribution >= 4 is 28.9 Å². The van der Waals surface area contributed by atoms with E-state index in [-0.39, 0.29) is 5.56 Å². The number of hydrogen-bond acceptors (Lipinski definition) is 5. The number of carboxylic acids is 2. The Kier molecular flexibility index (Phi) is 11.5. The molecule has 0 fully saturated rings. The minimum absolute atomic E-state index is 0.285. The first-order chi connectivity index (χ1) is 15.5. The zero-order valence-corrected chi connectivity index (χ0v) is 22.2. The number of benzene rings is 1. The van der Waals surface area contributed by atoms with Gasteiger partial charge in [-0.3, -0.25) is 0 Å². The summed E-state index contributed by atoms with van der Waals surface area (Å²) in [6.45, 7) is 4.99. The summed E-state index contributed by atoms with van der Waals surface area (Å²) in [6, 6.07) is 3.06. The van der Waals surface area contributed by atoms with Crippen LogP contribution in [0.5, 0.6) is 0 Å².